The van der Waals surface area contributed by atoms with E-state index in [0.717, 1.165) is 17.0 Å². The highest BCUT2D eigenvalue weighted by atomic mass is 35.5. The Morgan fingerprint density at radius 3 is 2.39 bits per heavy atom. The molecular formula is C19H22ClNOS. The molecule has 23 heavy (non-hydrogen) atoms. The van der Waals surface area contributed by atoms with Gasteiger partial charge in [-0.3, -0.25) is 4.79 Å². The number of halogens is 1. The fraction of sp³-hybridized carbons (Fsp3) is 0.316. The quantitative estimate of drug-likeness (QED) is 0.641. The number of thioether (sulfide) groups is 1. The number of hydrogen-bond acceptors (Lipinski definition) is 2. The van der Waals surface area contributed by atoms with Crippen molar-refractivity contribution in [1.29, 1.82) is 0 Å². The predicted octanol–water partition coefficient (Wildman–Crippen LogP) is 5.80. The Balaban J connectivity index is 1.88. The maximum atomic E-state index is 12.3. The van der Waals surface area contributed by atoms with Crippen LogP contribution in [0, 0.1) is 0 Å². The van der Waals surface area contributed by atoms with Gasteiger partial charge in [-0.2, -0.15) is 0 Å². The number of amides is 1. The molecule has 0 aliphatic heterocycles. The van der Waals surface area contributed by atoms with Crippen molar-refractivity contribution in [1.82, 2.24) is 0 Å². The first-order valence-corrected chi connectivity index (χ1v) is 9.16. The Kier molecular flexibility index (Phi) is 7.00. The molecule has 122 valence electrons. The number of nitrogens with one attached hydrogen (secondary N) is 1. The highest BCUT2D eigenvalue weighted by Gasteiger charge is 2.14. The van der Waals surface area contributed by atoms with Crippen LogP contribution in [0.4, 0.5) is 5.69 Å². The maximum absolute atomic E-state index is 12.3. The SMILES string of the molecule is CCCCc1ccc(NC(=O)[C@@H](C)Sc2ccc(Cl)cc2)cc1. The lowest BCUT2D eigenvalue weighted by molar-refractivity contribution is -0.115. The molecule has 0 aliphatic carbocycles. The minimum absolute atomic E-state index is 0.00579. The van der Waals surface area contributed by atoms with E-state index in [-0.39, 0.29) is 11.2 Å². The summed E-state index contributed by atoms with van der Waals surface area (Å²) in [5, 5.41) is 3.50. The number of unbranched alkanes of at least 4 members (excludes halogenated alkanes) is 1. The van der Waals surface area contributed by atoms with E-state index < -0.39 is 0 Å². The molecule has 0 spiro atoms. The molecule has 0 aliphatic rings. The van der Waals surface area contributed by atoms with Crippen LogP contribution in [0.15, 0.2) is 53.4 Å². The minimum Gasteiger partial charge on any atom is -0.325 e. The van der Waals surface area contributed by atoms with Gasteiger partial charge in [0.25, 0.3) is 0 Å². The normalized spacial score (nSPS) is 12.0. The molecular weight excluding hydrogens is 326 g/mol. The van der Waals surface area contributed by atoms with Crippen molar-refractivity contribution in [2.45, 2.75) is 43.3 Å². The molecule has 0 aromatic heterocycles. The van der Waals surface area contributed by atoms with Crippen LogP contribution in [0.25, 0.3) is 0 Å². The topological polar surface area (TPSA) is 29.1 Å². The first-order chi connectivity index (χ1) is 11.1. The standard InChI is InChI=1S/C19H22ClNOS/c1-3-4-5-15-6-10-17(11-7-15)21-19(22)14(2)23-18-12-8-16(20)9-13-18/h6-14H,3-5H2,1-2H3,(H,21,22)/t14-/m1/s1. The van der Waals surface area contributed by atoms with Gasteiger partial charge < -0.3 is 5.32 Å². The molecule has 0 saturated carbocycles. The van der Waals surface area contributed by atoms with Gasteiger partial charge in [-0.25, -0.2) is 0 Å². The molecule has 2 aromatic carbocycles. The van der Waals surface area contributed by atoms with E-state index in [1.807, 2.05) is 43.3 Å². The van der Waals surface area contributed by atoms with Gasteiger partial charge in [0, 0.05) is 15.6 Å². The lowest BCUT2D eigenvalue weighted by atomic mass is 10.1. The van der Waals surface area contributed by atoms with Crippen molar-refractivity contribution in [3.05, 3.63) is 59.1 Å². The van der Waals surface area contributed by atoms with Crippen LogP contribution in [0.1, 0.15) is 32.3 Å². The molecule has 0 bridgehead atoms. The average molecular weight is 348 g/mol. The Bertz CT molecular complexity index is 625. The van der Waals surface area contributed by atoms with Crippen LogP contribution < -0.4 is 5.32 Å². The van der Waals surface area contributed by atoms with Crippen LogP contribution >= 0.6 is 23.4 Å². The highest BCUT2D eigenvalue weighted by molar-refractivity contribution is 8.00. The average Bonchev–Trinajstić information content (AvgIpc) is 2.56. The van der Waals surface area contributed by atoms with Crippen molar-refractivity contribution < 1.29 is 4.79 Å². The fourth-order valence-corrected chi connectivity index (χ4v) is 3.14. The highest BCUT2D eigenvalue weighted by Crippen LogP contribution is 2.25. The van der Waals surface area contributed by atoms with Gasteiger partial charge in [-0.05, 0) is 61.7 Å². The fourth-order valence-electron chi connectivity index (χ4n) is 2.15. The first-order valence-electron chi connectivity index (χ1n) is 7.90. The van der Waals surface area contributed by atoms with E-state index >= 15 is 0 Å². The molecule has 0 fully saturated rings. The summed E-state index contributed by atoms with van der Waals surface area (Å²) in [5.41, 5.74) is 2.16. The van der Waals surface area contributed by atoms with Gasteiger partial charge in [0.2, 0.25) is 5.91 Å². The van der Waals surface area contributed by atoms with E-state index in [1.165, 1.54) is 30.2 Å². The summed E-state index contributed by atoms with van der Waals surface area (Å²) in [6, 6.07) is 15.7. The molecule has 4 heteroatoms. The number of anilines is 1. The van der Waals surface area contributed by atoms with Crippen LogP contribution in [-0.2, 0) is 11.2 Å². The van der Waals surface area contributed by atoms with Gasteiger partial charge in [0.05, 0.1) is 5.25 Å². The van der Waals surface area contributed by atoms with Crippen LogP contribution in [0.5, 0.6) is 0 Å². The Hall–Kier alpha value is -1.45. The largest absolute Gasteiger partial charge is 0.325 e. The van der Waals surface area contributed by atoms with Crippen molar-refractivity contribution >= 4 is 35.0 Å². The zero-order valence-corrected chi connectivity index (χ0v) is 15.1. The lowest BCUT2D eigenvalue weighted by Gasteiger charge is -2.12. The molecule has 2 nitrogen and oxygen atoms in total. The second kappa shape index (κ2) is 8.99. The number of benzene rings is 2. The van der Waals surface area contributed by atoms with Crippen molar-refractivity contribution in [3.8, 4) is 0 Å². The van der Waals surface area contributed by atoms with Gasteiger partial charge >= 0.3 is 0 Å². The van der Waals surface area contributed by atoms with Gasteiger partial charge in [0.1, 0.15) is 0 Å². The van der Waals surface area contributed by atoms with E-state index in [4.69, 9.17) is 11.6 Å². The van der Waals surface area contributed by atoms with Gasteiger partial charge in [-0.1, -0.05) is 37.1 Å². The zero-order chi connectivity index (χ0) is 16.7. The van der Waals surface area contributed by atoms with E-state index in [0.29, 0.717) is 5.02 Å². The second-order valence-electron chi connectivity index (χ2n) is 5.50. The van der Waals surface area contributed by atoms with Crippen LogP contribution in [0.3, 0.4) is 0 Å². The van der Waals surface area contributed by atoms with E-state index in [9.17, 15) is 4.79 Å². The van der Waals surface area contributed by atoms with Crippen LogP contribution in [0.2, 0.25) is 5.02 Å². The third-order valence-electron chi connectivity index (χ3n) is 3.54. The minimum atomic E-state index is -0.170. The van der Waals surface area contributed by atoms with Gasteiger partial charge in [-0.15, -0.1) is 11.8 Å². The molecule has 0 heterocycles. The van der Waals surface area contributed by atoms with Gasteiger partial charge in [0.15, 0.2) is 0 Å². The number of carbonyl (C=O) groups excluding carboxylic acids is 1. The molecule has 1 N–H and O–H groups in total. The summed E-state index contributed by atoms with van der Waals surface area (Å²) in [6.07, 6.45) is 3.48. The summed E-state index contributed by atoms with van der Waals surface area (Å²) >= 11 is 7.40. The molecule has 0 radical (unpaired) electrons. The third-order valence-corrected chi connectivity index (χ3v) is 4.90. The Morgan fingerprint density at radius 2 is 1.78 bits per heavy atom. The maximum Gasteiger partial charge on any atom is 0.237 e. The van der Waals surface area contributed by atoms with Crippen LogP contribution in [-0.4, -0.2) is 11.2 Å². The van der Waals surface area contributed by atoms with Crippen molar-refractivity contribution in [2.75, 3.05) is 5.32 Å². The molecule has 2 rings (SSSR count). The number of carbonyl (C=O) groups is 1. The second-order valence-corrected chi connectivity index (χ2v) is 7.35. The monoisotopic (exact) mass is 347 g/mol. The number of hydrogen-bond donors (Lipinski definition) is 1. The molecule has 0 unspecified atom stereocenters. The number of rotatable bonds is 7. The molecule has 1 amide bonds. The van der Waals surface area contributed by atoms with E-state index in [2.05, 4.69) is 24.4 Å². The Labute approximate surface area is 147 Å². The Morgan fingerprint density at radius 1 is 1.13 bits per heavy atom. The lowest BCUT2D eigenvalue weighted by Crippen LogP contribution is -2.22. The summed E-state index contributed by atoms with van der Waals surface area (Å²) in [6.45, 7) is 4.10. The van der Waals surface area contributed by atoms with Crippen molar-refractivity contribution in [2.24, 2.45) is 0 Å². The zero-order valence-electron chi connectivity index (χ0n) is 13.5. The molecule has 0 saturated heterocycles. The first kappa shape index (κ1) is 17.9. The number of aryl methyl sites for hydroxylation is 1. The predicted molar refractivity (Wildman–Crippen MR) is 100 cm³/mol. The summed E-state index contributed by atoms with van der Waals surface area (Å²) in [5.74, 6) is 0.00579. The van der Waals surface area contributed by atoms with E-state index in [1.54, 1.807) is 0 Å². The van der Waals surface area contributed by atoms with Crippen molar-refractivity contribution in [3.63, 3.8) is 0 Å². The third kappa shape index (κ3) is 5.92. The summed E-state index contributed by atoms with van der Waals surface area (Å²) in [4.78, 5) is 13.3. The summed E-state index contributed by atoms with van der Waals surface area (Å²) in [7, 11) is 0. The molecule has 1 atom stereocenters. The molecule has 2 aromatic rings. The summed E-state index contributed by atoms with van der Waals surface area (Å²) < 4.78 is 0. The smallest absolute Gasteiger partial charge is 0.237 e.